The van der Waals surface area contributed by atoms with Gasteiger partial charge in [-0.15, -0.1) is 0 Å². The summed E-state index contributed by atoms with van der Waals surface area (Å²) in [5.74, 6) is -1.27. The van der Waals surface area contributed by atoms with Crippen molar-refractivity contribution in [3.63, 3.8) is 0 Å². The minimum absolute atomic E-state index is 0.0827. The molecule has 2 heteroatoms. The van der Waals surface area contributed by atoms with Gasteiger partial charge in [0.1, 0.15) is 5.92 Å². The van der Waals surface area contributed by atoms with E-state index in [0.717, 1.165) is 28.7 Å². The third-order valence-corrected chi connectivity index (χ3v) is 6.12. The summed E-state index contributed by atoms with van der Waals surface area (Å²) in [6, 6.07) is 26.9. The van der Waals surface area contributed by atoms with Crippen molar-refractivity contribution in [3.05, 3.63) is 118 Å². The van der Waals surface area contributed by atoms with Crippen LogP contribution in [-0.2, 0) is 17.6 Å². The number of carboxylic acid groups (broad SMARTS) is 1. The maximum Gasteiger partial charge on any atom is 0.314 e. The van der Waals surface area contributed by atoms with Crippen LogP contribution in [-0.4, -0.2) is 11.1 Å². The molecule has 3 aromatic rings. The lowest BCUT2D eigenvalue weighted by Gasteiger charge is -2.23. The summed E-state index contributed by atoms with van der Waals surface area (Å²) >= 11 is 0. The lowest BCUT2D eigenvalue weighted by Crippen LogP contribution is -2.22. The van der Waals surface area contributed by atoms with E-state index in [1.54, 1.807) is 0 Å². The van der Waals surface area contributed by atoms with Crippen LogP contribution in [0.1, 0.15) is 33.7 Å². The molecule has 2 aliphatic carbocycles. The smallest absolute Gasteiger partial charge is 0.314 e. The molecule has 2 unspecified atom stereocenters. The zero-order valence-corrected chi connectivity index (χ0v) is 16.1. The van der Waals surface area contributed by atoms with Gasteiger partial charge < -0.3 is 5.11 Å². The number of hydrogen-bond acceptors (Lipinski definition) is 1. The molecule has 0 bridgehead atoms. The first kappa shape index (κ1) is 17.7. The van der Waals surface area contributed by atoms with E-state index in [1.165, 1.54) is 16.7 Å². The van der Waals surface area contributed by atoms with Crippen LogP contribution < -0.4 is 0 Å². The van der Waals surface area contributed by atoms with E-state index in [9.17, 15) is 9.90 Å². The van der Waals surface area contributed by atoms with Gasteiger partial charge in [-0.05, 0) is 51.8 Å². The van der Waals surface area contributed by atoms with Gasteiger partial charge in [-0.25, -0.2) is 0 Å². The molecule has 5 rings (SSSR count). The molecule has 2 atom stereocenters. The molecule has 1 N–H and O–H groups in total. The molecule has 0 spiro atoms. The van der Waals surface area contributed by atoms with Crippen LogP contribution in [0.3, 0.4) is 0 Å². The number of aliphatic carboxylic acids is 1. The van der Waals surface area contributed by atoms with Crippen LogP contribution in [0, 0.1) is 5.92 Å². The molecular formula is C27H22O2. The second-order valence-electron chi connectivity index (χ2n) is 7.88. The highest BCUT2D eigenvalue weighted by Crippen LogP contribution is 2.46. The molecule has 29 heavy (non-hydrogen) atoms. The third-order valence-electron chi connectivity index (χ3n) is 6.12. The Morgan fingerprint density at radius 1 is 0.862 bits per heavy atom. The normalized spacial score (nSPS) is 17.9. The highest BCUT2D eigenvalue weighted by Gasteiger charge is 2.37. The van der Waals surface area contributed by atoms with Crippen molar-refractivity contribution in [1.82, 2.24) is 0 Å². The summed E-state index contributed by atoms with van der Waals surface area (Å²) in [7, 11) is 0. The third kappa shape index (κ3) is 3.21. The molecule has 0 saturated carbocycles. The van der Waals surface area contributed by atoms with Crippen molar-refractivity contribution in [2.45, 2.75) is 18.8 Å². The van der Waals surface area contributed by atoms with Crippen molar-refractivity contribution in [2.75, 3.05) is 0 Å². The van der Waals surface area contributed by atoms with Gasteiger partial charge in [-0.3, -0.25) is 4.79 Å². The lowest BCUT2D eigenvalue weighted by atomic mass is 9.79. The maximum atomic E-state index is 12.5. The first-order valence-corrected chi connectivity index (χ1v) is 10.1. The zero-order chi connectivity index (χ0) is 19.8. The van der Waals surface area contributed by atoms with Crippen molar-refractivity contribution in [1.29, 1.82) is 0 Å². The fourth-order valence-corrected chi connectivity index (χ4v) is 4.79. The zero-order valence-electron chi connectivity index (χ0n) is 16.1. The Morgan fingerprint density at radius 3 is 2.31 bits per heavy atom. The molecule has 0 radical (unpaired) electrons. The van der Waals surface area contributed by atoms with Crippen LogP contribution >= 0.6 is 0 Å². The van der Waals surface area contributed by atoms with E-state index in [4.69, 9.17) is 0 Å². The van der Waals surface area contributed by atoms with Gasteiger partial charge in [0.05, 0.1) is 0 Å². The van der Waals surface area contributed by atoms with E-state index >= 15 is 0 Å². The van der Waals surface area contributed by atoms with Gasteiger partial charge in [0, 0.05) is 5.92 Å². The van der Waals surface area contributed by atoms with Crippen LogP contribution in [0.4, 0.5) is 0 Å². The average Bonchev–Trinajstić information content (AvgIpc) is 3.31. The first-order valence-electron chi connectivity index (χ1n) is 10.1. The molecule has 0 heterocycles. The maximum absolute atomic E-state index is 12.5. The summed E-state index contributed by atoms with van der Waals surface area (Å²) in [6.45, 7) is 0. The van der Waals surface area contributed by atoms with Crippen LogP contribution in [0.5, 0.6) is 0 Å². The monoisotopic (exact) mass is 378 g/mol. The molecule has 3 aromatic carbocycles. The number of fused-ring (bicyclic) bond motifs is 2. The predicted octanol–water partition coefficient (Wildman–Crippen LogP) is 5.75. The standard InChI is InChI=1S/C27H22O2/c28-27(29)26(22-15-19-10-4-5-11-20(19)16-22)25-17-21-12-6-7-13-23(21)24(25)14-18-8-2-1-3-9-18/h1-13,15,17,24,26H,14,16H2,(H,28,29). The molecule has 2 nitrogen and oxygen atoms in total. The molecule has 0 aliphatic heterocycles. The Morgan fingerprint density at radius 2 is 1.55 bits per heavy atom. The molecule has 142 valence electrons. The number of carboxylic acids is 1. The van der Waals surface area contributed by atoms with E-state index in [-0.39, 0.29) is 5.92 Å². The fraction of sp³-hybridized carbons (Fsp3) is 0.148. The van der Waals surface area contributed by atoms with E-state index in [2.05, 4.69) is 48.6 Å². The Kier molecular flexibility index (Phi) is 4.40. The van der Waals surface area contributed by atoms with E-state index in [0.29, 0.717) is 6.42 Å². The minimum atomic E-state index is -0.763. The van der Waals surface area contributed by atoms with Gasteiger partial charge in [0.25, 0.3) is 0 Å². The molecular weight excluding hydrogens is 356 g/mol. The largest absolute Gasteiger partial charge is 0.481 e. The van der Waals surface area contributed by atoms with Crippen LogP contribution in [0.15, 0.2) is 90.0 Å². The number of hydrogen-bond donors (Lipinski definition) is 1. The molecule has 2 aliphatic rings. The molecule has 0 amide bonds. The predicted molar refractivity (Wildman–Crippen MR) is 117 cm³/mol. The second-order valence-corrected chi connectivity index (χ2v) is 7.88. The van der Waals surface area contributed by atoms with Gasteiger partial charge in [0.15, 0.2) is 0 Å². The fourth-order valence-electron chi connectivity index (χ4n) is 4.79. The molecule has 0 saturated heterocycles. The summed E-state index contributed by atoms with van der Waals surface area (Å²) in [4.78, 5) is 12.5. The van der Waals surface area contributed by atoms with Gasteiger partial charge in [0.2, 0.25) is 0 Å². The quantitative estimate of drug-likeness (QED) is 0.614. The van der Waals surface area contributed by atoms with Crippen molar-refractivity contribution in [3.8, 4) is 0 Å². The Hall–Kier alpha value is -3.39. The van der Waals surface area contributed by atoms with Gasteiger partial charge in [-0.1, -0.05) is 91.0 Å². The van der Waals surface area contributed by atoms with Gasteiger partial charge in [-0.2, -0.15) is 0 Å². The highest BCUT2D eigenvalue weighted by atomic mass is 16.4. The summed E-state index contributed by atoms with van der Waals surface area (Å²) < 4.78 is 0. The Balaban J connectivity index is 1.56. The molecule has 0 aromatic heterocycles. The number of carbonyl (C=O) groups is 1. The Labute approximate surface area is 170 Å². The summed E-state index contributed by atoms with van der Waals surface area (Å²) in [6.07, 6.45) is 5.72. The topological polar surface area (TPSA) is 37.3 Å². The summed E-state index contributed by atoms with van der Waals surface area (Å²) in [5.41, 5.74) is 7.94. The van der Waals surface area contributed by atoms with Crippen molar-refractivity contribution in [2.24, 2.45) is 5.92 Å². The summed E-state index contributed by atoms with van der Waals surface area (Å²) in [5, 5.41) is 10.3. The number of rotatable bonds is 5. The van der Waals surface area contributed by atoms with E-state index in [1.807, 2.05) is 42.5 Å². The molecule has 0 fully saturated rings. The lowest BCUT2D eigenvalue weighted by molar-refractivity contribution is -0.139. The van der Waals surface area contributed by atoms with Crippen LogP contribution in [0.2, 0.25) is 0 Å². The van der Waals surface area contributed by atoms with Crippen LogP contribution in [0.25, 0.3) is 12.2 Å². The highest BCUT2D eigenvalue weighted by molar-refractivity contribution is 5.86. The SMILES string of the molecule is O=C(O)C(C1=Cc2ccccc2C1)C1=Cc2ccccc2C1Cc1ccccc1. The first-order chi connectivity index (χ1) is 14.2. The minimum Gasteiger partial charge on any atom is -0.481 e. The van der Waals surface area contributed by atoms with Crippen molar-refractivity contribution >= 4 is 18.1 Å². The average molecular weight is 378 g/mol. The van der Waals surface area contributed by atoms with Crippen molar-refractivity contribution < 1.29 is 9.90 Å². The van der Waals surface area contributed by atoms with E-state index < -0.39 is 11.9 Å². The van der Waals surface area contributed by atoms with Gasteiger partial charge >= 0.3 is 5.97 Å². The Bertz CT molecular complexity index is 1140. The second kappa shape index (κ2) is 7.21. The number of benzene rings is 3.